The summed E-state index contributed by atoms with van der Waals surface area (Å²) in [4.78, 5) is 27.4. The minimum atomic E-state index is -4.03. The van der Waals surface area contributed by atoms with Gasteiger partial charge in [0.15, 0.2) is 0 Å². The standard InChI is InChI=1S/C30H32N4O5S/c1-2-39-29(36)21-32-34(40(37,38)22-25-8-4-3-5-9-25)27-12-6-10-26-11-7-19-33(30(26)27)28(35)18-17-23-13-15-24(20-31)16-14-23/h3-6,8-10,12-16,32H,2,7,11,17-19,21-22H2,1H3. The number of para-hydroxylation sites is 1. The van der Waals surface area contributed by atoms with Gasteiger partial charge in [-0.2, -0.15) is 9.68 Å². The van der Waals surface area contributed by atoms with E-state index in [4.69, 9.17) is 10.00 Å². The number of hydrogen-bond acceptors (Lipinski definition) is 7. The van der Waals surface area contributed by atoms with Gasteiger partial charge in [0, 0.05) is 13.0 Å². The van der Waals surface area contributed by atoms with E-state index < -0.39 is 16.0 Å². The van der Waals surface area contributed by atoms with E-state index in [1.807, 2.05) is 24.3 Å². The van der Waals surface area contributed by atoms with Gasteiger partial charge >= 0.3 is 5.97 Å². The Balaban J connectivity index is 1.66. The number of nitriles is 1. The molecule has 1 aliphatic heterocycles. The summed E-state index contributed by atoms with van der Waals surface area (Å²) in [6.07, 6.45) is 2.13. The average molecular weight is 561 g/mol. The molecule has 0 atom stereocenters. The molecule has 0 fully saturated rings. The molecular formula is C30H32N4O5S. The van der Waals surface area contributed by atoms with Crippen molar-refractivity contribution in [1.29, 1.82) is 5.26 Å². The van der Waals surface area contributed by atoms with Crippen molar-refractivity contribution >= 4 is 33.3 Å². The molecule has 10 heteroatoms. The van der Waals surface area contributed by atoms with Crippen LogP contribution in [0.2, 0.25) is 0 Å². The molecule has 1 N–H and O–H groups in total. The van der Waals surface area contributed by atoms with Crippen LogP contribution in [0.3, 0.4) is 0 Å². The van der Waals surface area contributed by atoms with Crippen LogP contribution in [0.25, 0.3) is 0 Å². The summed E-state index contributed by atoms with van der Waals surface area (Å²) in [5.41, 5.74) is 6.50. The van der Waals surface area contributed by atoms with Crippen molar-refractivity contribution in [3.05, 3.63) is 95.1 Å². The summed E-state index contributed by atoms with van der Waals surface area (Å²) in [7, 11) is -4.03. The second-order valence-electron chi connectivity index (χ2n) is 9.39. The molecule has 3 aromatic rings. The summed E-state index contributed by atoms with van der Waals surface area (Å²) in [6.45, 7) is 1.93. The van der Waals surface area contributed by atoms with Gasteiger partial charge in [-0.1, -0.05) is 54.6 Å². The zero-order valence-corrected chi connectivity index (χ0v) is 23.2. The van der Waals surface area contributed by atoms with E-state index in [-0.39, 0.29) is 36.9 Å². The maximum absolute atomic E-state index is 13.8. The van der Waals surface area contributed by atoms with Gasteiger partial charge in [-0.15, -0.1) is 0 Å². The van der Waals surface area contributed by atoms with Gasteiger partial charge in [-0.3, -0.25) is 9.59 Å². The van der Waals surface area contributed by atoms with Crippen molar-refractivity contribution in [2.75, 3.05) is 29.0 Å². The summed E-state index contributed by atoms with van der Waals surface area (Å²) in [5, 5.41) is 9.03. The van der Waals surface area contributed by atoms with Gasteiger partial charge in [0.2, 0.25) is 5.91 Å². The Hall–Kier alpha value is -4.20. The number of carbonyl (C=O) groups excluding carboxylic acids is 2. The van der Waals surface area contributed by atoms with Crippen LogP contribution < -0.4 is 14.7 Å². The first-order chi connectivity index (χ1) is 19.3. The topological polar surface area (TPSA) is 120 Å². The lowest BCUT2D eigenvalue weighted by Gasteiger charge is -2.35. The molecule has 4 rings (SSSR count). The van der Waals surface area contributed by atoms with Gasteiger partial charge in [0.1, 0.15) is 6.54 Å². The van der Waals surface area contributed by atoms with Crippen molar-refractivity contribution in [2.24, 2.45) is 0 Å². The van der Waals surface area contributed by atoms with Crippen LogP contribution in [0.15, 0.2) is 72.8 Å². The van der Waals surface area contributed by atoms with E-state index in [9.17, 15) is 18.0 Å². The van der Waals surface area contributed by atoms with E-state index in [1.54, 1.807) is 60.4 Å². The lowest BCUT2D eigenvalue weighted by atomic mass is 9.99. The van der Waals surface area contributed by atoms with E-state index in [2.05, 4.69) is 11.5 Å². The Morgan fingerprint density at radius 1 is 1.02 bits per heavy atom. The van der Waals surface area contributed by atoms with Gasteiger partial charge in [-0.25, -0.2) is 13.8 Å². The largest absolute Gasteiger partial charge is 0.465 e. The molecule has 0 aliphatic carbocycles. The maximum Gasteiger partial charge on any atom is 0.321 e. The number of amides is 1. The lowest BCUT2D eigenvalue weighted by Crippen LogP contribution is -2.48. The predicted molar refractivity (Wildman–Crippen MR) is 153 cm³/mol. The fourth-order valence-corrected chi connectivity index (χ4v) is 6.16. The monoisotopic (exact) mass is 560 g/mol. The Kier molecular flexibility index (Phi) is 9.53. The Morgan fingerprint density at radius 2 is 1.77 bits per heavy atom. The van der Waals surface area contributed by atoms with E-state index in [1.165, 1.54) is 0 Å². The van der Waals surface area contributed by atoms with E-state index in [0.29, 0.717) is 36.2 Å². The van der Waals surface area contributed by atoms with E-state index in [0.717, 1.165) is 22.0 Å². The Morgan fingerprint density at radius 3 is 2.48 bits per heavy atom. The number of nitrogens with zero attached hydrogens (tertiary/aromatic N) is 3. The second kappa shape index (κ2) is 13.2. The molecule has 0 radical (unpaired) electrons. The number of hydrazine groups is 1. The number of nitrogens with one attached hydrogen (secondary N) is 1. The minimum Gasteiger partial charge on any atom is -0.465 e. The highest BCUT2D eigenvalue weighted by molar-refractivity contribution is 7.92. The number of ether oxygens (including phenoxy) is 1. The van der Waals surface area contributed by atoms with Gasteiger partial charge in [-0.05, 0) is 61.1 Å². The highest BCUT2D eigenvalue weighted by Crippen LogP contribution is 2.38. The van der Waals surface area contributed by atoms with Crippen LogP contribution >= 0.6 is 0 Å². The molecule has 3 aromatic carbocycles. The van der Waals surface area contributed by atoms with Gasteiger partial charge in [0.25, 0.3) is 10.0 Å². The molecule has 1 heterocycles. The number of rotatable bonds is 11. The normalized spacial score (nSPS) is 12.8. The average Bonchev–Trinajstić information content (AvgIpc) is 2.96. The lowest BCUT2D eigenvalue weighted by molar-refractivity contribution is -0.142. The number of carbonyl (C=O) groups is 2. The number of hydrogen-bond donors (Lipinski definition) is 1. The summed E-state index contributed by atoms with van der Waals surface area (Å²) in [6, 6.07) is 23.3. The molecule has 0 aromatic heterocycles. The third-order valence-corrected chi connectivity index (χ3v) is 8.15. The quantitative estimate of drug-likeness (QED) is 0.279. The molecule has 1 amide bonds. The maximum atomic E-state index is 13.8. The van der Waals surface area contributed by atoms with Crippen molar-refractivity contribution in [3.63, 3.8) is 0 Å². The summed E-state index contributed by atoms with van der Waals surface area (Å²) < 4.78 is 33.6. The second-order valence-corrected chi connectivity index (χ2v) is 11.2. The van der Waals surface area contributed by atoms with Crippen LogP contribution in [0.1, 0.15) is 42.0 Å². The molecule has 0 bridgehead atoms. The third-order valence-electron chi connectivity index (χ3n) is 6.57. The van der Waals surface area contributed by atoms with Crippen LogP contribution in [0, 0.1) is 11.3 Å². The number of esters is 1. The SMILES string of the molecule is CCOC(=O)CNN(c1cccc2c1N(C(=O)CCc1ccc(C#N)cc1)CCC2)S(=O)(=O)Cc1ccccc1. The molecule has 9 nitrogen and oxygen atoms in total. The highest BCUT2D eigenvalue weighted by atomic mass is 32.2. The number of aryl methyl sites for hydroxylation is 2. The predicted octanol–water partition coefficient (Wildman–Crippen LogP) is 3.87. The zero-order chi connectivity index (χ0) is 28.5. The summed E-state index contributed by atoms with van der Waals surface area (Å²) >= 11 is 0. The third kappa shape index (κ3) is 7.05. The van der Waals surface area contributed by atoms with Crippen molar-refractivity contribution in [1.82, 2.24) is 5.43 Å². The fraction of sp³-hybridized carbons (Fsp3) is 0.300. The Bertz CT molecular complexity index is 1480. The number of sulfonamides is 1. The number of fused-ring (bicyclic) bond motifs is 1. The minimum absolute atomic E-state index is 0.136. The molecule has 40 heavy (non-hydrogen) atoms. The molecular weight excluding hydrogens is 528 g/mol. The molecule has 1 aliphatic rings. The number of anilines is 2. The first-order valence-electron chi connectivity index (χ1n) is 13.2. The first-order valence-corrected chi connectivity index (χ1v) is 14.8. The molecule has 208 valence electrons. The molecule has 0 spiro atoms. The highest BCUT2D eigenvalue weighted by Gasteiger charge is 2.32. The van der Waals surface area contributed by atoms with Crippen LogP contribution in [-0.2, 0) is 42.9 Å². The zero-order valence-electron chi connectivity index (χ0n) is 22.4. The van der Waals surface area contributed by atoms with Crippen LogP contribution in [0.4, 0.5) is 11.4 Å². The fourth-order valence-electron chi connectivity index (χ4n) is 4.71. The first kappa shape index (κ1) is 28.8. The molecule has 0 saturated carbocycles. The smallest absolute Gasteiger partial charge is 0.321 e. The summed E-state index contributed by atoms with van der Waals surface area (Å²) in [5.74, 6) is -1.04. The molecule has 0 unspecified atom stereocenters. The van der Waals surface area contributed by atoms with Crippen molar-refractivity contribution < 1.29 is 22.7 Å². The van der Waals surface area contributed by atoms with Crippen molar-refractivity contribution in [3.8, 4) is 6.07 Å². The van der Waals surface area contributed by atoms with Crippen molar-refractivity contribution in [2.45, 2.75) is 38.4 Å². The van der Waals surface area contributed by atoms with Gasteiger partial charge in [0.05, 0.1) is 35.4 Å². The van der Waals surface area contributed by atoms with E-state index >= 15 is 0 Å². The van der Waals surface area contributed by atoms with Gasteiger partial charge < -0.3 is 9.64 Å². The molecule has 0 saturated heterocycles. The Labute approximate surface area is 235 Å². The van der Waals surface area contributed by atoms with Crippen LogP contribution in [0.5, 0.6) is 0 Å². The van der Waals surface area contributed by atoms with Crippen LogP contribution in [-0.4, -0.2) is 40.0 Å². The number of benzene rings is 3.